The molecular formula is C30H62N2. The van der Waals surface area contributed by atoms with Crippen LogP contribution < -0.4 is 10.6 Å². The van der Waals surface area contributed by atoms with Crippen molar-refractivity contribution in [3.05, 3.63) is 0 Å². The molecular weight excluding hydrogens is 388 g/mol. The van der Waals surface area contributed by atoms with Crippen LogP contribution in [0.2, 0.25) is 0 Å². The van der Waals surface area contributed by atoms with Gasteiger partial charge in [-0.3, -0.25) is 0 Å². The maximum atomic E-state index is 3.92. The second-order valence-electron chi connectivity index (χ2n) is 10.8. The molecule has 0 radical (unpaired) electrons. The van der Waals surface area contributed by atoms with Crippen molar-refractivity contribution in [2.24, 2.45) is 0 Å². The third-order valence-electron chi connectivity index (χ3n) is 7.64. The molecule has 1 aliphatic rings. The second-order valence-corrected chi connectivity index (χ2v) is 10.8. The third kappa shape index (κ3) is 18.4. The number of rotatable bonds is 24. The molecule has 0 unspecified atom stereocenters. The number of nitrogens with one attached hydrogen (secondary N) is 2. The molecule has 0 spiro atoms. The highest BCUT2D eigenvalue weighted by molar-refractivity contribution is 4.86. The van der Waals surface area contributed by atoms with Gasteiger partial charge in [0.15, 0.2) is 0 Å². The van der Waals surface area contributed by atoms with E-state index >= 15 is 0 Å². The van der Waals surface area contributed by atoms with E-state index in [0.29, 0.717) is 0 Å². The van der Waals surface area contributed by atoms with E-state index in [1.165, 1.54) is 167 Å². The smallest absolute Gasteiger partial charge is 0.0221 e. The first-order valence-corrected chi connectivity index (χ1v) is 15.3. The molecule has 0 aliphatic heterocycles. The summed E-state index contributed by atoms with van der Waals surface area (Å²) in [5, 5.41) is 7.85. The summed E-state index contributed by atoms with van der Waals surface area (Å²) in [6, 6.07) is 1.45. The fraction of sp³-hybridized carbons (Fsp3) is 1.00. The Morgan fingerprint density at radius 2 is 0.688 bits per heavy atom. The highest BCUT2D eigenvalue weighted by Gasteiger charge is 2.23. The predicted octanol–water partition coefficient (Wildman–Crippen LogP) is 9.32. The van der Waals surface area contributed by atoms with Crippen molar-refractivity contribution in [3.63, 3.8) is 0 Å². The number of hydrogen-bond acceptors (Lipinski definition) is 2. The minimum Gasteiger partial charge on any atom is -0.312 e. The molecule has 2 atom stereocenters. The summed E-state index contributed by atoms with van der Waals surface area (Å²) in [7, 11) is 0. The van der Waals surface area contributed by atoms with Gasteiger partial charge in [0, 0.05) is 12.1 Å². The van der Waals surface area contributed by atoms with Gasteiger partial charge in [-0.15, -0.1) is 0 Å². The summed E-state index contributed by atoms with van der Waals surface area (Å²) in [6.45, 7) is 7.08. The normalized spacial score (nSPS) is 18.9. The monoisotopic (exact) mass is 450 g/mol. The number of unbranched alkanes of at least 4 members (excludes halogenated alkanes) is 18. The van der Waals surface area contributed by atoms with E-state index in [2.05, 4.69) is 24.5 Å². The lowest BCUT2D eigenvalue weighted by atomic mass is 9.90. The van der Waals surface area contributed by atoms with Gasteiger partial charge < -0.3 is 10.6 Å². The van der Waals surface area contributed by atoms with E-state index in [1.807, 2.05) is 0 Å². The topological polar surface area (TPSA) is 24.1 Å². The van der Waals surface area contributed by atoms with E-state index in [4.69, 9.17) is 0 Å². The Kier molecular flexibility index (Phi) is 22.5. The molecule has 0 aromatic heterocycles. The minimum atomic E-state index is 0.727. The zero-order valence-electron chi connectivity index (χ0n) is 22.5. The molecule has 1 aliphatic carbocycles. The van der Waals surface area contributed by atoms with Crippen LogP contribution in [0.5, 0.6) is 0 Å². The molecule has 0 amide bonds. The Balaban J connectivity index is 1.92. The van der Waals surface area contributed by atoms with Crippen LogP contribution in [0.1, 0.15) is 168 Å². The van der Waals surface area contributed by atoms with Gasteiger partial charge in [0.2, 0.25) is 0 Å². The van der Waals surface area contributed by atoms with E-state index in [-0.39, 0.29) is 0 Å². The Hall–Kier alpha value is -0.0800. The van der Waals surface area contributed by atoms with Gasteiger partial charge in [0.25, 0.3) is 0 Å². The first kappa shape index (κ1) is 30.0. The van der Waals surface area contributed by atoms with Crippen molar-refractivity contribution < 1.29 is 0 Å². The lowest BCUT2D eigenvalue weighted by Crippen LogP contribution is -2.50. The standard InChI is InChI=1S/C30H62N2/c1-3-5-7-9-11-13-15-17-19-23-27-31-29-25-21-22-26-30(29)32-28-24-20-18-16-14-12-10-8-6-4-2/h29-32H,3-28H2,1-2H3/t29-,30-/m0/s1. The Bertz CT molecular complexity index is 323. The second kappa shape index (κ2) is 24.1. The van der Waals surface area contributed by atoms with E-state index in [9.17, 15) is 0 Å². The highest BCUT2D eigenvalue weighted by atomic mass is 15.0. The van der Waals surface area contributed by atoms with Crippen LogP contribution in [-0.2, 0) is 0 Å². The van der Waals surface area contributed by atoms with E-state index < -0.39 is 0 Å². The Morgan fingerprint density at radius 3 is 1.00 bits per heavy atom. The molecule has 0 saturated heterocycles. The molecule has 0 aromatic rings. The van der Waals surface area contributed by atoms with Crippen LogP contribution in [0.25, 0.3) is 0 Å². The molecule has 2 heteroatoms. The maximum absolute atomic E-state index is 3.92. The number of hydrogen-bond donors (Lipinski definition) is 2. The van der Waals surface area contributed by atoms with Crippen LogP contribution >= 0.6 is 0 Å². The Morgan fingerprint density at radius 1 is 0.406 bits per heavy atom. The fourth-order valence-corrected chi connectivity index (χ4v) is 5.42. The van der Waals surface area contributed by atoms with Crippen molar-refractivity contribution >= 4 is 0 Å². The van der Waals surface area contributed by atoms with Crippen LogP contribution in [0, 0.1) is 0 Å². The average molecular weight is 451 g/mol. The highest BCUT2D eigenvalue weighted by Crippen LogP contribution is 2.19. The van der Waals surface area contributed by atoms with Gasteiger partial charge in [0.05, 0.1) is 0 Å². The van der Waals surface area contributed by atoms with Crippen LogP contribution in [0.4, 0.5) is 0 Å². The van der Waals surface area contributed by atoms with Crippen LogP contribution in [-0.4, -0.2) is 25.2 Å². The summed E-state index contributed by atoms with van der Waals surface area (Å²) in [6.07, 6.45) is 34.3. The van der Waals surface area contributed by atoms with Crippen LogP contribution in [0.15, 0.2) is 0 Å². The van der Waals surface area contributed by atoms with Crippen molar-refractivity contribution in [2.75, 3.05) is 13.1 Å². The van der Waals surface area contributed by atoms with Gasteiger partial charge in [-0.1, -0.05) is 142 Å². The van der Waals surface area contributed by atoms with E-state index in [0.717, 1.165) is 12.1 Å². The van der Waals surface area contributed by atoms with Gasteiger partial charge in [-0.05, 0) is 38.8 Å². The summed E-state index contributed by atoms with van der Waals surface area (Å²) >= 11 is 0. The average Bonchev–Trinajstić information content (AvgIpc) is 2.81. The summed E-state index contributed by atoms with van der Waals surface area (Å²) in [4.78, 5) is 0. The quantitative estimate of drug-likeness (QED) is 0.143. The summed E-state index contributed by atoms with van der Waals surface area (Å²) in [5.74, 6) is 0. The van der Waals surface area contributed by atoms with Gasteiger partial charge in [-0.25, -0.2) is 0 Å². The van der Waals surface area contributed by atoms with Crippen LogP contribution in [0.3, 0.4) is 0 Å². The summed E-state index contributed by atoms with van der Waals surface area (Å²) in [5.41, 5.74) is 0. The van der Waals surface area contributed by atoms with Gasteiger partial charge >= 0.3 is 0 Å². The molecule has 2 nitrogen and oxygen atoms in total. The van der Waals surface area contributed by atoms with Gasteiger partial charge in [-0.2, -0.15) is 0 Å². The lowest BCUT2D eigenvalue weighted by molar-refractivity contribution is 0.281. The molecule has 0 bridgehead atoms. The Labute approximate surface area is 203 Å². The lowest BCUT2D eigenvalue weighted by Gasteiger charge is -2.33. The molecule has 1 fully saturated rings. The fourth-order valence-electron chi connectivity index (χ4n) is 5.42. The SMILES string of the molecule is CCCCCCCCCCCCN[C@H]1CCCC[C@@H]1NCCCCCCCCCCCC. The molecule has 0 aromatic carbocycles. The van der Waals surface area contributed by atoms with E-state index in [1.54, 1.807) is 0 Å². The zero-order chi connectivity index (χ0) is 23.0. The zero-order valence-corrected chi connectivity index (χ0v) is 22.5. The van der Waals surface area contributed by atoms with Crippen molar-refractivity contribution in [3.8, 4) is 0 Å². The van der Waals surface area contributed by atoms with Crippen molar-refractivity contribution in [1.29, 1.82) is 0 Å². The predicted molar refractivity (Wildman–Crippen MR) is 146 cm³/mol. The molecule has 2 N–H and O–H groups in total. The molecule has 0 heterocycles. The summed E-state index contributed by atoms with van der Waals surface area (Å²) < 4.78 is 0. The minimum absolute atomic E-state index is 0.727. The molecule has 32 heavy (non-hydrogen) atoms. The van der Waals surface area contributed by atoms with Crippen molar-refractivity contribution in [1.82, 2.24) is 10.6 Å². The largest absolute Gasteiger partial charge is 0.312 e. The molecule has 192 valence electrons. The molecule has 1 rings (SSSR count). The first-order valence-electron chi connectivity index (χ1n) is 15.3. The van der Waals surface area contributed by atoms with Crippen molar-refractivity contribution in [2.45, 2.75) is 180 Å². The third-order valence-corrected chi connectivity index (χ3v) is 7.64. The first-order chi connectivity index (χ1) is 15.9. The molecule has 1 saturated carbocycles. The van der Waals surface area contributed by atoms with Gasteiger partial charge in [0.1, 0.15) is 0 Å². The maximum Gasteiger partial charge on any atom is 0.0221 e.